The van der Waals surface area contributed by atoms with Crippen molar-refractivity contribution in [3.63, 3.8) is 0 Å². The van der Waals surface area contributed by atoms with Gasteiger partial charge in [-0.05, 0) is 49.9 Å². The molecule has 0 aromatic heterocycles. The van der Waals surface area contributed by atoms with Gasteiger partial charge in [-0.1, -0.05) is 19.1 Å². The van der Waals surface area contributed by atoms with Crippen molar-refractivity contribution >= 4 is 0 Å². The first kappa shape index (κ1) is 13.4. The average molecular weight is 249 g/mol. The summed E-state index contributed by atoms with van der Waals surface area (Å²) in [6.45, 7) is 4.11. The molecule has 3 nitrogen and oxygen atoms in total. The quantitative estimate of drug-likeness (QED) is 0.761. The number of rotatable bonds is 6. The highest BCUT2D eigenvalue weighted by atomic mass is 16.5. The molecule has 18 heavy (non-hydrogen) atoms. The number of ether oxygens (including phenoxy) is 1. The van der Waals surface area contributed by atoms with E-state index in [1.54, 1.807) is 0 Å². The molecule has 1 saturated carbocycles. The van der Waals surface area contributed by atoms with Gasteiger partial charge in [0.15, 0.2) is 0 Å². The summed E-state index contributed by atoms with van der Waals surface area (Å²) in [7, 11) is 0. The lowest BCUT2D eigenvalue weighted by molar-refractivity contribution is 0.0604. The first-order chi connectivity index (χ1) is 8.79. The molecule has 1 fully saturated rings. The molecule has 1 aromatic carbocycles. The molecule has 0 amide bonds. The van der Waals surface area contributed by atoms with Crippen LogP contribution < -0.4 is 10.1 Å². The van der Waals surface area contributed by atoms with Gasteiger partial charge in [0.2, 0.25) is 0 Å². The number of hydrogen-bond acceptors (Lipinski definition) is 3. The number of aliphatic hydroxyl groups excluding tert-OH is 1. The van der Waals surface area contributed by atoms with E-state index in [1.807, 2.05) is 12.1 Å². The third-order valence-electron chi connectivity index (χ3n) is 3.38. The summed E-state index contributed by atoms with van der Waals surface area (Å²) >= 11 is 0. The number of nitrogens with one attached hydrogen (secondary N) is 1. The highest BCUT2D eigenvalue weighted by molar-refractivity contribution is 5.27. The first-order valence-corrected chi connectivity index (χ1v) is 6.94. The van der Waals surface area contributed by atoms with Gasteiger partial charge in [0.05, 0.1) is 6.10 Å². The molecule has 0 aliphatic heterocycles. The van der Waals surface area contributed by atoms with Crippen molar-refractivity contribution in [3.05, 3.63) is 29.8 Å². The summed E-state index contributed by atoms with van der Waals surface area (Å²) < 4.78 is 5.80. The Hall–Kier alpha value is -1.06. The van der Waals surface area contributed by atoms with Gasteiger partial charge < -0.3 is 15.2 Å². The zero-order valence-corrected chi connectivity index (χ0v) is 11.1. The lowest BCUT2D eigenvalue weighted by Gasteiger charge is -2.17. The fourth-order valence-corrected chi connectivity index (χ4v) is 2.31. The summed E-state index contributed by atoms with van der Waals surface area (Å²) in [6, 6.07) is 8.15. The molecule has 0 heterocycles. The summed E-state index contributed by atoms with van der Waals surface area (Å²) in [5.74, 6) is 0.861. The minimum Gasteiger partial charge on any atom is -0.488 e. The number of aliphatic hydroxyl groups is 1. The van der Waals surface area contributed by atoms with Gasteiger partial charge in [-0.15, -0.1) is 0 Å². The summed E-state index contributed by atoms with van der Waals surface area (Å²) in [5, 5.41) is 13.1. The molecule has 1 aliphatic rings. The predicted octanol–water partition coefficient (Wildman–Crippen LogP) is 2.48. The second kappa shape index (κ2) is 6.76. The summed E-state index contributed by atoms with van der Waals surface area (Å²) in [5.41, 5.74) is 1.27. The van der Waals surface area contributed by atoms with Crippen molar-refractivity contribution in [2.75, 3.05) is 6.54 Å². The van der Waals surface area contributed by atoms with Crippen LogP contribution in [-0.2, 0) is 6.54 Å². The molecular formula is C15H23NO2. The molecule has 3 heteroatoms. The predicted molar refractivity (Wildman–Crippen MR) is 72.7 cm³/mol. The standard InChI is InChI=1S/C15H23NO2/c1-2-10-16-11-12-6-8-13(9-7-12)18-15-5-3-4-14(15)17/h6-9,14-17H,2-5,10-11H2,1H3. The van der Waals surface area contributed by atoms with Crippen molar-refractivity contribution in [1.82, 2.24) is 5.32 Å². The molecule has 2 N–H and O–H groups in total. The van der Waals surface area contributed by atoms with Crippen molar-refractivity contribution in [1.29, 1.82) is 0 Å². The van der Waals surface area contributed by atoms with Crippen molar-refractivity contribution in [3.8, 4) is 5.75 Å². The molecule has 0 bridgehead atoms. The van der Waals surface area contributed by atoms with Crippen molar-refractivity contribution in [2.45, 2.75) is 51.4 Å². The van der Waals surface area contributed by atoms with E-state index in [9.17, 15) is 5.11 Å². The molecule has 100 valence electrons. The van der Waals surface area contributed by atoms with Gasteiger partial charge in [-0.2, -0.15) is 0 Å². The maximum Gasteiger partial charge on any atom is 0.124 e. The summed E-state index contributed by atoms with van der Waals surface area (Å²) in [4.78, 5) is 0. The maximum absolute atomic E-state index is 9.71. The zero-order chi connectivity index (χ0) is 12.8. The largest absolute Gasteiger partial charge is 0.488 e. The topological polar surface area (TPSA) is 41.5 Å². The highest BCUT2D eigenvalue weighted by Gasteiger charge is 2.26. The Morgan fingerprint density at radius 1 is 1.28 bits per heavy atom. The third kappa shape index (κ3) is 3.72. The van der Waals surface area contributed by atoms with E-state index in [-0.39, 0.29) is 12.2 Å². The van der Waals surface area contributed by atoms with E-state index < -0.39 is 0 Å². The maximum atomic E-state index is 9.71. The fraction of sp³-hybridized carbons (Fsp3) is 0.600. The van der Waals surface area contributed by atoms with Crippen LogP contribution in [0.15, 0.2) is 24.3 Å². The molecule has 0 radical (unpaired) electrons. The minimum absolute atomic E-state index is 0.0194. The molecule has 2 unspecified atom stereocenters. The van der Waals surface area contributed by atoms with E-state index in [4.69, 9.17) is 4.74 Å². The molecule has 0 saturated heterocycles. The Morgan fingerprint density at radius 2 is 2.06 bits per heavy atom. The zero-order valence-electron chi connectivity index (χ0n) is 11.1. The number of benzene rings is 1. The number of hydrogen-bond donors (Lipinski definition) is 2. The van der Waals surface area contributed by atoms with Crippen LogP contribution in [-0.4, -0.2) is 23.9 Å². The van der Waals surface area contributed by atoms with Crippen LogP contribution >= 0.6 is 0 Å². The van der Waals surface area contributed by atoms with E-state index in [2.05, 4.69) is 24.4 Å². The molecule has 2 rings (SSSR count). The van der Waals surface area contributed by atoms with Gasteiger partial charge in [-0.25, -0.2) is 0 Å². The van der Waals surface area contributed by atoms with E-state index >= 15 is 0 Å². The Kier molecular flexibility index (Phi) is 5.02. The van der Waals surface area contributed by atoms with Crippen LogP contribution in [0.3, 0.4) is 0 Å². The summed E-state index contributed by atoms with van der Waals surface area (Å²) in [6.07, 6.45) is 3.72. The Balaban J connectivity index is 1.83. The van der Waals surface area contributed by atoms with E-state index in [0.717, 1.165) is 44.5 Å². The molecule has 1 aliphatic carbocycles. The van der Waals surface area contributed by atoms with Gasteiger partial charge in [0, 0.05) is 6.54 Å². The second-order valence-corrected chi connectivity index (χ2v) is 4.98. The third-order valence-corrected chi connectivity index (χ3v) is 3.38. The molecule has 2 atom stereocenters. The SMILES string of the molecule is CCCNCc1ccc(OC2CCCC2O)cc1. The first-order valence-electron chi connectivity index (χ1n) is 6.94. The minimum atomic E-state index is -0.295. The monoisotopic (exact) mass is 249 g/mol. The molecule has 0 spiro atoms. The van der Waals surface area contributed by atoms with Crippen LogP contribution in [0.1, 0.15) is 38.2 Å². The lowest BCUT2D eigenvalue weighted by Crippen LogP contribution is -2.25. The van der Waals surface area contributed by atoms with Gasteiger partial charge in [0.25, 0.3) is 0 Å². The van der Waals surface area contributed by atoms with Crippen molar-refractivity contribution < 1.29 is 9.84 Å². The Labute approximate surface area is 109 Å². The van der Waals surface area contributed by atoms with Crippen LogP contribution in [0.25, 0.3) is 0 Å². The van der Waals surface area contributed by atoms with Crippen LogP contribution in [0.2, 0.25) is 0 Å². The smallest absolute Gasteiger partial charge is 0.124 e. The van der Waals surface area contributed by atoms with Crippen LogP contribution in [0, 0.1) is 0 Å². The highest BCUT2D eigenvalue weighted by Crippen LogP contribution is 2.24. The second-order valence-electron chi connectivity index (χ2n) is 4.98. The Morgan fingerprint density at radius 3 is 2.67 bits per heavy atom. The van der Waals surface area contributed by atoms with Crippen molar-refractivity contribution in [2.24, 2.45) is 0 Å². The van der Waals surface area contributed by atoms with Crippen LogP contribution in [0.5, 0.6) is 5.75 Å². The normalized spacial score (nSPS) is 23.2. The van der Waals surface area contributed by atoms with Gasteiger partial charge in [-0.3, -0.25) is 0 Å². The lowest BCUT2D eigenvalue weighted by atomic mass is 10.2. The van der Waals surface area contributed by atoms with E-state index in [0.29, 0.717) is 0 Å². The average Bonchev–Trinajstić information content (AvgIpc) is 2.78. The van der Waals surface area contributed by atoms with Gasteiger partial charge in [0.1, 0.15) is 11.9 Å². The fourth-order valence-electron chi connectivity index (χ4n) is 2.31. The van der Waals surface area contributed by atoms with Gasteiger partial charge >= 0.3 is 0 Å². The Bertz CT molecular complexity index is 350. The van der Waals surface area contributed by atoms with Crippen LogP contribution in [0.4, 0.5) is 0 Å². The van der Waals surface area contributed by atoms with E-state index in [1.165, 1.54) is 5.56 Å². The molecule has 1 aromatic rings. The molecular weight excluding hydrogens is 226 g/mol.